The number of benzene rings is 11. The predicted molar refractivity (Wildman–Crippen MR) is 306 cm³/mol. The summed E-state index contributed by atoms with van der Waals surface area (Å²) >= 11 is 0. The van der Waals surface area contributed by atoms with E-state index in [1.54, 1.807) is 0 Å². The van der Waals surface area contributed by atoms with E-state index < -0.39 is 0 Å². The zero-order valence-corrected chi connectivity index (χ0v) is 40.3. The second kappa shape index (κ2) is 18.9. The Morgan fingerprint density at radius 3 is 1.58 bits per heavy atom. The van der Waals surface area contributed by atoms with Crippen LogP contribution < -0.4 is 4.90 Å². The Labute approximate surface area is 422 Å². The third kappa shape index (κ3) is 7.96. The van der Waals surface area contributed by atoms with Crippen molar-refractivity contribution >= 4 is 49.6 Å². The van der Waals surface area contributed by atoms with E-state index in [0.717, 1.165) is 22.7 Å². The SMILES string of the molecule is c1ccc(-c2ccc(-c3ccc(N(c4ccc(-c5ccc6c7ccccc7n(-c7ccccc7)c6c5)cc4)c4ccccc4-c4cccc5cccc(C6CCCCC6)c45)cc3)cc2-c2ccccc2)cc1. The van der Waals surface area contributed by atoms with E-state index in [-0.39, 0.29) is 0 Å². The summed E-state index contributed by atoms with van der Waals surface area (Å²) in [4.78, 5) is 2.47. The van der Waals surface area contributed by atoms with E-state index in [9.17, 15) is 0 Å². The largest absolute Gasteiger partial charge is 0.310 e. The predicted octanol–water partition coefficient (Wildman–Crippen LogP) is 19.8. The molecule has 1 aromatic heterocycles. The molecule has 72 heavy (non-hydrogen) atoms. The maximum atomic E-state index is 2.47. The van der Waals surface area contributed by atoms with Gasteiger partial charge >= 0.3 is 0 Å². The Kier molecular flexibility index (Phi) is 11.4. The topological polar surface area (TPSA) is 8.17 Å². The van der Waals surface area contributed by atoms with Crippen LogP contribution in [0.2, 0.25) is 0 Å². The number of fused-ring (bicyclic) bond motifs is 4. The number of hydrogen-bond acceptors (Lipinski definition) is 1. The van der Waals surface area contributed by atoms with Crippen molar-refractivity contribution in [2.75, 3.05) is 4.90 Å². The molecule has 344 valence electrons. The molecule has 0 unspecified atom stereocenters. The molecule has 0 aliphatic heterocycles. The molecule has 2 nitrogen and oxygen atoms in total. The Bertz CT molecular complexity index is 3860. The zero-order chi connectivity index (χ0) is 47.8. The zero-order valence-electron chi connectivity index (χ0n) is 40.3. The lowest BCUT2D eigenvalue weighted by Gasteiger charge is -2.29. The third-order valence-corrected chi connectivity index (χ3v) is 15.2. The normalized spacial score (nSPS) is 12.9. The Morgan fingerprint density at radius 2 is 0.875 bits per heavy atom. The van der Waals surface area contributed by atoms with Crippen LogP contribution in [0.25, 0.3) is 93.9 Å². The summed E-state index contributed by atoms with van der Waals surface area (Å²) in [6, 6.07) is 96.2. The van der Waals surface area contributed by atoms with E-state index in [1.165, 1.54) is 126 Å². The molecule has 0 bridgehead atoms. The van der Waals surface area contributed by atoms with Crippen LogP contribution in [0.4, 0.5) is 17.1 Å². The summed E-state index contributed by atoms with van der Waals surface area (Å²) in [5.41, 5.74) is 20.5. The van der Waals surface area contributed by atoms with Crippen LogP contribution in [-0.4, -0.2) is 4.57 Å². The van der Waals surface area contributed by atoms with Gasteiger partial charge in [-0.05, 0) is 146 Å². The van der Waals surface area contributed by atoms with Crippen molar-refractivity contribution in [3.63, 3.8) is 0 Å². The number of rotatable bonds is 10. The quantitative estimate of drug-likeness (QED) is 0.133. The monoisotopic (exact) mass is 922 g/mol. The second-order valence-electron chi connectivity index (χ2n) is 19.4. The van der Waals surface area contributed by atoms with Gasteiger partial charge in [0.2, 0.25) is 0 Å². The van der Waals surface area contributed by atoms with Gasteiger partial charge in [-0.15, -0.1) is 0 Å². The van der Waals surface area contributed by atoms with E-state index in [2.05, 4.69) is 270 Å². The summed E-state index contributed by atoms with van der Waals surface area (Å²) in [7, 11) is 0. The molecule has 1 heterocycles. The molecule has 0 atom stereocenters. The highest BCUT2D eigenvalue weighted by atomic mass is 15.1. The van der Waals surface area contributed by atoms with Crippen LogP contribution in [0.5, 0.6) is 0 Å². The molecule has 1 fully saturated rings. The van der Waals surface area contributed by atoms with E-state index in [1.807, 2.05) is 0 Å². The fraction of sp³-hybridized carbons (Fsp3) is 0.0857. The minimum atomic E-state index is 0.573. The fourth-order valence-corrected chi connectivity index (χ4v) is 11.7. The number of para-hydroxylation sites is 3. The summed E-state index contributed by atoms with van der Waals surface area (Å²) < 4.78 is 2.40. The van der Waals surface area contributed by atoms with Crippen LogP contribution in [0.1, 0.15) is 43.6 Å². The summed E-state index contributed by atoms with van der Waals surface area (Å²) in [6.07, 6.45) is 6.44. The first-order valence-electron chi connectivity index (χ1n) is 25.7. The number of hydrogen-bond donors (Lipinski definition) is 0. The second-order valence-corrected chi connectivity index (χ2v) is 19.4. The molecule has 12 aromatic rings. The van der Waals surface area contributed by atoms with E-state index in [0.29, 0.717) is 5.92 Å². The van der Waals surface area contributed by atoms with E-state index >= 15 is 0 Å². The van der Waals surface area contributed by atoms with Crippen molar-refractivity contribution < 1.29 is 0 Å². The number of anilines is 3. The van der Waals surface area contributed by atoms with Crippen molar-refractivity contribution in [3.8, 4) is 61.3 Å². The standard InChI is InChI=1S/C70H54N2/c1-5-19-51(20-6-1)60-45-39-55(47-66(60)53-23-9-3-10-24-53)49-35-41-58(42-36-49)71(67-33-15-14-30-63(67)65-32-18-26-54-25-17-31-61(70(54)65)52-21-7-2-8-22-52)59-43-37-50(38-44-59)56-40-46-64-62-29-13-16-34-68(62)72(69(64)48-56)57-27-11-4-12-28-57/h1,3-6,9-20,23-48,52H,2,7-8,21-22H2. The maximum absolute atomic E-state index is 2.47. The highest BCUT2D eigenvalue weighted by Crippen LogP contribution is 2.47. The lowest BCUT2D eigenvalue weighted by molar-refractivity contribution is 0.445. The van der Waals surface area contributed by atoms with Crippen molar-refractivity contribution in [1.29, 1.82) is 0 Å². The van der Waals surface area contributed by atoms with Crippen LogP contribution in [0.15, 0.2) is 261 Å². The van der Waals surface area contributed by atoms with Gasteiger partial charge in [0, 0.05) is 33.4 Å². The van der Waals surface area contributed by atoms with E-state index in [4.69, 9.17) is 0 Å². The Balaban J connectivity index is 0.942. The summed E-state index contributed by atoms with van der Waals surface area (Å²) in [5, 5.41) is 5.21. The molecule has 0 saturated heterocycles. The molecule has 0 spiro atoms. The van der Waals surface area contributed by atoms with Crippen LogP contribution in [0, 0.1) is 0 Å². The average Bonchev–Trinajstić information content (AvgIpc) is 3.80. The molecular weight excluding hydrogens is 869 g/mol. The highest BCUT2D eigenvalue weighted by molar-refractivity contribution is 6.10. The van der Waals surface area contributed by atoms with Gasteiger partial charge in [-0.1, -0.05) is 219 Å². The molecule has 1 aliphatic rings. The third-order valence-electron chi connectivity index (χ3n) is 15.2. The first kappa shape index (κ1) is 43.3. The van der Waals surface area contributed by atoms with Gasteiger partial charge in [0.05, 0.1) is 16.7 Å². The van der Waals surface area contributed by atoms with Crippen molar-refractivity contribution in [3.05, 3.63) is 266 Å². The highest BCUT2D eigenvalue weighted by Gasteiger charge is 2.23. The first-order valence-corrected chi connectivity index (χ1v) is 25.7. The number of aromatic nitrogens is 1. The molecule has 0 radical (unpaired) electrons. The molecule has 1 saturated carbocycles. The average molecular weight is 923 g/mol. The molecule has 11 aromatic carbocycles. The van der Waals surface area contributed by atoms with Crippen LogP contribution >= 0.6 is 0 Å². The molecule has 0 amide bonds. The molecule has 2 heteroatoms. The van der Waals surface area contributed by atoms with Crippen molar-refractivity contribution in [2.24, 2.45) is 0 Å². The van der Waals surface area contributed by atoms with Crippen LogP contribution in [-0.2, 0) is 0 Å². The maximum Gasteiger partial charge on any atom is 0.0547 e. The minimum Gasteiger partial charge on any atom is -0.310 e. The van der Waals surface area contributed by atoms with Crippen LogP contribution in [0.3, 0.4) is 0 Å². The molecular formula is C70H54N2. The van der Waals surface area contributed by atoms with Gasteiger partial charge < -0.3 is 9.47 Å². The van der Waals surface area contributed by atoms with Crippen molar-refractivity contribution in [1.82, 2.24) is 4.57 Å². The van der Waals surface area contributed by atoms with Gasteiger partial charge in [0.15, 0.2) is 0 Å². The van der Waals surface area contributed by atoms with Gasteiger partial charge in [-0.3, -0.25) is 0 Å². The lowest BCUT2D eigenvalue weighted by atomic mass is 9.80. The van der Waals surface area contributed by atoms with Gasteiger partial charge in [-0.2, -0.15) is 0 Å². The lowest BCUT2D eigenvalue weighted by Crippen LogP contribution is -2.11. The summed E-state index contributed by atoms with van der Waals surface area (Å²) in [6.45, 7) is 0. The molecule has 0 N–H and O–H groups in total. The number of nitrogens with zero attached hydrogens (tertiary/aromatic N) is 2. The van der Waals surface area contributed by atoms with Crippen molar-refractivity contribution in [2.45, 2.75) is 38.0 Å². The smallest absolute Gasteiger partial charge is 0.0547 e. The summed E-state index contributed by atoms with van der Waals surface area (Å²) in [5.74, 6) is 0.573. The Hall–Kier alpha value is -8.72. The first-order chi connectivity index (χ1) is 35.7. The Morgan fingerprint density at radius 1 is 0.333 bits per heavy atom. The van der Waals surface area contributed by atoms with Gasteiger partial charge in [-0.25, -0.2) is 0 Å². The molecule has 13 rings (SSSR count). The fourth-order valence-electron chi connectivity index (χ4n) is 11.7. The van der Waals surface area contributed by atoms with Gasteiger partial charge in [0.25, 0.3) is 0 Å². The minimum absolute atomic E-state index is 0.573. The molecule has 1 aliphatic carbocycles. The van der Waals surface area contributed by atoms with Gasteiger partial charge in [0.1, 0.15) is 0 Å².